The average Bonchev–Trinajstić information content (AvgIpc) is 2.47. The number of methoxy groups -OCH3 is 1. The second-order valence-corrected chi connectivity index (χ2v) is 4.48. The highest BCUT2D eigenvalue weighted by molar-refractivity contribution is 5.43. The zero-order valence-corrected chi connectivity index (χ0v) is 11.6. The fourth-order valence-electron chi connectivity index (χ4n) is 1.87. The normalized spacial score (nSPS) is 10.2. The first-order valence-electron chi connectivity index (χ1n) is 6.21. The van der Waals surface area contributed by atoms with Gasteiger partial charge in [0.15, 0.2) is 11.6 Å². The zero-order chi connectivity index (χ0) is 15.4. The molecule has 0 atom stereocenters. The molecule has 0 aromatic heterocycles. The topological polar surface area (TPSA) is 61.6 Å². The summed E-state index contributed by atoms with van der Waals surface area (Å²) in [6, 6.07) is 8.70. The lowest BCUT2D eigenvalue weighted by atomic mass is 10.2. The SMILES string of the molecule is COc1ccc([N+](=O)[O-])cc1COc1cc(C)ccc1F. The molecule has 0 aliphatic rings. The van der Waals surface area contributed by atoms with Crippen LogP contribution in [0.4, 0.5) is 10.1 Å². The first-order chi connectivity index (χ1) is 10.0. The second-order valence-electron chi connectivity index (χ2n) is 4.48. The molecule has 0 spiro atoms. The summed E-state index contributed by atoms with van der Waals surface area (Å²) in [5, 5.41) is 10.8. The van der Waals surface area contributed by atoms with Crippen molar-refractivity contribution < 1.29 is 18.8 Å². The molecular weight excluding hydrogens is 277 g/mol. The van der Waals surface area contributed by atoms with Crippen molar-refractivity contribution in [3.8, 4) is 11.5 Å². The first kappa shape index (κ1) is 14.8. The van der Waals surface area contributed by atoms with Crippen LogP contribution in [0.3, 0.4) is 0 Å². The highest BCUT2D eigenvalue weighted by Gasteiger charge is 2.13. The van der Waals surface area contributed by atoms with Crippen molar-refractivity contribution >= 4 is 5.69 Å². The van der Waals surface area contributed by atoms with Gasteiger partial charge in [0.05, 0.1) is 12.0 Å². The van der Waals surface area contributed by atoms with Gasteiger partial charge in [-0.3, -0.25) is 10.1 Å². The van der Waals surface area contributed by atoms with Crippen LogP contribution >= 0.6 is 0 Å². The number of halogens is 1. The van der Waals surface area contributed by atoms with Gasteiger partial charge in [0.25, 0.3) is 5.69 Å². The van der Waals surface area contributed by atoms with Crippen LogP contribution in [0.2, 0.25) is 0 Å². The van der Waals surface area contributed by atoms with Crippen LogP contribution in [0.25, 0.3) is 0 Å². The lowest BCUT2D eigenvalue weighted by Gasteiger charge is -2.11. The third-order valence-electron chi connectivity index (χ3n) is 2.94. The highest BCUT2D eigenvalue weighted by atomic mass is 19.1. The Morgan fingerprint density at radius 2 is 1.95 bits per heavy atom. The molecule has 0 fully saturated rings. The average molecular weight is 291 g/mol. The van der Waals surface area contributed by atoms with Crippen LogP contribution in [0.5, 0.6) is 11.5 Å². The molecule has 5 nitrogen and oxygen atoms in total. The summed E-state index contributed by atoms with van der Waals surface area (Å²) in [5.41, 5.74) is 1.27. The van der Waals surface area contributed by atoms with Crippen molar-refractivity contribution in [2.45, 2.75) is 13.5 Å². The molecule has 0 saturated heterocycles. The molecule has 6 heteroatoms. The summed E-state index contributed by atoms with van der Waals surface area (Å²) in [4.78, 5) is 10.3. The molecule has 0 heterocycles. The molecular formula is C15H14FNO4. The maximum Gasteiger partial charge on any atom is 0.270 e. The Balaban J connectivity index is 2.24. The summed E-state index contributed by atoms with van der Waals surface area (Å²) in [6.45, 7) is 1.80. The summed E-state index contributed by atoms with van der Waals surface area (Å²) in [5.74, 6) is 0.0715. The van der Waals surface area contributed by atoms with Gasteiger partial charge in [-0.2, -0.15) is 0 Å². The van der Waals surface area contributed by atoms with Crippen LogP contribution in [0.1, 0.15) is 11.1 Å². The molecule has 21 heavy (non-hydrogen) atoms. The number of non-ortho nitro benzene ring substituents is 1. The van der Waals surface area contributed by atoms with Crippen LogP contribution in [0.15, 0.2) is 36.4 Å². The Kier molecular flexibility index (Phi) is 4.37. The van der Waals surface area contributed by atoms with E-state index in [2.05, 4.69) is 0 Å². The minimum Gasteiger partial charge on any atom is -0.496 e. The Bertz CT molecular complexity index is 673. The van der Waals surface area contributed by atoms with Crippen molar-refractivity contribution in [1.29, 1.82) is 0 Å². The number of aryl methyl sites for hydroxylation is 1. The van der Waals surface area contributed by atoms with Crippen molar-refractivity contribution in [3.63, 3.8) is 0 Å². The van der Waals surface area contributed by atoms with Crippen LogP contribution in [-0.4, -0.2) is 12.0 Å². The summed E-state index contributed by atoms with van der Waals surface area (Å²) in [6.07, 6.45) is 0. The van der Waals surface area contributed by atoms with E-state index in [1.54, 1.807) is 12.1 Å². The number of rotatable bonds is 5. The Morgan fingerprint density at radius 3 is 2.62 bits per heavy atom. The molecule has 2 aromatic rings. The van der Waals surface area contributed by atoms with E-state index in [-0.39, 0.29) is 18.0 Å². The van der Waals surface area contributed by atoms with Gasteiger partial charge in [-0.15, -0.1) is 0 Å². The van der Waals surface area contributed by atoms with E-state index in [9.17, 15) is 14.5 Å². The van der Waals surface area contributed by atoms with E-state index in [0.717, 1.165) is 5.56 Å². The summed E-state index contributed by atoms with van der Waals surface area (Å²) >= 11 is 0. The second kappa shape index (κ2) is 6.21. The van der Waals surface area contributed by atoms with E-state index in [4.69, 9.17) is 9.47 Å². The fraction of sp³-hybridized carbons (Fsp3) is 0.200. The standard InChI is InChI=1S/C15H14FNO4/c1-10-3-5-13(16)15(7-10)21-9-11-8-12(17(18)19)4-6-14(11)20-2/h3-8H,9H2,1-2H3. The largest absolute Gasteiger partial charge is 0.496 e. The van der Waals surface area contributed by atoms with Crippen molar-refractivity contribution in [1.82, 2.24) is 0 Å². The van der Waals surface area contributed by atoms with E-state index in [1.165, 1.54) is 31.4 Å². The Labute approximate surface area is 121 Å². The van der Waals surface area contributed by atoms with Gasteiger partial charge in [-0.25, -0.2) is 4.39 Å². The molecule has 0 aliphatic carbocycles. The minimum absolute atomic E-state index is 0.0226. The fourth-order valence-corrected chi connectivity index (χ4v) is 1.87. The quantitative estimate of drug-likeness (QED) is 0.623. The number of nitro groups is 1. The van der Waals surface area contributed by atoms with Crippen LogP contribution in [-0.2, 0) is 6.61 Å². The minimum atomic E-state index is -0.504. The van der Waals surface area contributed by atoms with E-state index >= 15 is 0 Å². The molecule has 0 radical (unpaired) electrons. The number of hydrogen-bond donors (Lipinski definition) is 0. The van der Waals surface area contributed by atoms with Gasteiger partial charge in [-0.1, -0.05) is 6.07 Å². The van der Waals surface area contributed by atoms with Crippen LogP contribution < -0.4 is 9.47 Å². The third-order valence-corrected chi connectivity index (χ3v) is 2.94. The van der Waals surface area contributed by atoms with E-state index < -0.39 is 10.7 Å². The molecule has 0 N–H and O–H groups in total. The number of ether oxygens (including phenoxy) is 2. The molecule has 0 aliphatic heterocycles. The van der Waals surface area contributed by atoms with Gasteiger partial charge in [0.1, 0.15) is 12.4 Å². The molecule has 0 unspecified atom stereocenters. The molecule has 2 rings (SSSR count). The number of nitro benzene ring substituents is 1. The van der Waals surface area contributed by atoms with Crippen molar-refractivity contribution in [2.24, 2.45) is 0 Å². The van der Waals surface area contributed by atoms with Crippen molar-refractivity contribution in [3.05, 3.63) is 63.5 Å². The van der Waals surface area contributed by atoms with E-state index in [0.29, 0.717) is 11.3 Å². The maximum absolute atomic E-state index is 13.6. The molecule has 0 amide bonds. The predicted molar refractivity (Wildman–Crippen MR) is 75.1 cm³/mol. The number of hydrogen-bond acceptors (Lipinski definition) is 4. The van der Waals surface area contributed by atoms with Gasteiger partial charge >= 0.3 is 0 Å². The van der Waals surface area contributed by atoms with Gasteiger partial charge < -0.3 is 9.47 Å². The number of nitrogens with zero attached hydrogens (tertiary/aromatic N) is 1. The molecule has 2 aromatic carbocycles. The lowest BCUT2D eigenvalue weighted by molar-refractivity contribution is -0.385. The molecule has 0 bridgehead atoms. The van der Waals surface area contributed by atoms with Crippen molar-refractivity contribution in [2.75, 3.05) is 7.11 Å². The predicted octanol–water partition coefficient (Wildman–Crippen LogP) is 3.63. The monoisotopic (exact) mass is 291 g/mol. The maximum atomic E-state index is 13.6. The molecule has 110 valence electrons. The lowest BCUT2D eigenvalue weighted by Crippen LogP contribution is -2.01. The Hall–Kier alpha value is -2.63. The smallest absolute Gasteiger partial charge is 0.270 e. The van der Waals surface area contributed by atoms with Gasteiger partial charge in [-0.05, 0) is 30.7 Å². The van der Waals surface area contributed by atoms with Gasteiger partial charge in [0, 0.05) is 17.7 Å². The third kappa shape index (κ3) is 3.47. The zero-order valence-electron chi connectivity index (χ0n) is 11.6. The van der Waals surface area contributed by atoms with E-state index in [1.807, 2.05) is 6.92 Å². The Morgan fingerprint density at radius 1 is 1.19 bits per heavy atom. The van der Waals surface area contributed by atoms with Gasteiger partial charge in [0.2, 0.25) is 0 Å². The highest BCUT2D eigenvalue weighted by Crippen LogP contribution is 2.26. The van der Waals surface area contributed by atoms with Crippen LogP contribution in [0, 0.1) is 22.9 Å². The number of benzene rings is 2. The summed E-state index contributed by atoms with van der Waals surface area (Å²) < 4.78 is 24.1. The first-order valence-corrected chi connectivity index (χ1v) is 6.21. The molecule has 0 saturated carbocycles. The summed E-state index contributed by atoms with van der Waals surface area (Å²) in [7, 11) is 1.46.